The van der Waals surface area contributed by atoms with E-state index in [1.807, 2.05) is 39.9 Å². The number of anilines is 2. The normalized spacial score (nSPS) is 16.4. The highest BCUT2D eigenvalue weighted by Gasteiger charge is 2.28. The van der Waals surface area contributed by atoms with E-state index < -0.39 is 5.95 Å². The minimum Gasteiger partial charge on any atom is -0.394 e. The molecule has 0 unspecified atom stereocenters. The highest BCUT2D eigenvalue weighted by Crippen LogP contribution is 2.21. The molecule has 10 heteroatoms. The zero-order valence-electron chi connectivity index (χ0n) is 18.3. The molecule has 0 aromatic carbocycles. The largest absolute Gasteiger partial charge is 0.394 e. The SMILES string of the molecule is OC[C@H]1CN(c2ccc(F)nc2)CCN1c1ncc(/C=C/c2ccc(-n3ccnc3)nc2)cn1. The van der Waals surface area contributed by atoms with Gasteiger partial charge in [-0.1, -0.05) is 12.2 Å². The van der Waals surface area contributed by atoms with Crippen LogP contribution in [0.15, 0.2) is 67.8 Å². The van der Waals surface area contributed by atoms with E-state index in [2.05, 4.69) is 29.8 Å². The Hall–Kier alpha value is -4.18. The Morgan fingerprint density at radius 1 is 0.941 bits per heavy atom. The molecule has 1 aliphatic rings. The summed E-state index contributed by atoms with van der Waals surface area (Å²) in [5.41, 5.74) is 2.65. The summed E-state index contributed by atoms with van der Waals surface area (Å²) in [5.74, 6) is 0.863. The fourth-order valence-corrected chi connectivity index (χ4v) is 3.87. The maximum absolute atomic E-state index is 13.1. The van der Waals surface area contributed by atoms with Crippen LogP contribution in [0.5, 0.6) is 0 Å². The van der Waals surface area contributed by atoms with Crippen molar-refractivity contribution in [2.24, 2.45) is 0 Å². The summed E-state index contributed by atoms with van der Waals surface area (Å²) >= 11 is 0. The molecule has 0 saturated carbocycles. The highest BCUT2D eigenvalue weighted by atomic mass is 19.1. The molecule has 34 heavy (non-hydrogen) atoms. The van der Waals surface area contributed by atoms with Crippen LogP contribution >= 0.6 is 0 Å². The summed E-state index contributed by atoms with van der Waals surface area (Å²) in [6.45, 7) is 1.85. The second-order valence-corrected chi connectivity index (χ2v) is 7.88. The zero-order chi connectivity index (χ0) is 23.3. The first kappa shape index (κ1) is 21.7. The van der Waals surface area contributed by atoms with Crippen molar-refractivity contribution in [1.29, 1.82) is 0 Å². The molecule has 1 saturated heterocycles. The maximum atomic E-state index is 13.1. The molecule has 1 N–H and O–H groups in total. The van der Waals surface area contributed by atoms with Crippen molar-refractivity contribution < 1.29 is 9.50 Å². The van der Waals surface area contributed by atoms with Gasteiger partial charge < -0.3 is 14.9 Å². The molecule has 0 amide bonds. The van der Waals surface area contributed by atoms with Crippen molar-refractivity contribution in [2.75, 3.05) is 36.0 Å². The Labute approximate surface area is 195 Å². The van der Waals surface area contributed by atoms with Crippen molar-refractivity contribution in [1.82, 2.24) is 29.5 Å². The number of rotatable bonds is 6. The van der Waals surface area contributed by atoms with Gasteiger partial charge in [-0.2, -0.15) is 4.39 Å². The molecule has 0 bridgehead atoms. The van der Waals surface area contributed by atoms with Gasteiger partial charge in [-0.25, -0.2) is 24.9 Å². The molecule has 0 radical (unpaired) electrons. The van der Waals surface area contributed by atoms with Crippen LogP contribution < -0.4 is 9.80 Å². The predicted octanol–water partition coefficient (Wildman–Crippen LogP) is 2.45. The molecule has 5 rings (SSSR count). The summed E-state index contributed by atoms with van der Waals surface area (Å²) < 4.78 is 15.0. The zero-order valence-corrected chi connectivity index (χ0v) is 18.3. The first-order chi connectivity index (χ1) is 16.7. The first-order valence-corrected chi connectivity index (χ1v) is 10.9. The Balaban J connectivity index is 1.23. The van der Waals surface area contributed by atoms with Crippen LogP contribution in [-0.4, -0.2) is 66.9 Å². The minimum absolute atomic E-state index is 0.0434. The topological polar surface area (TPSA) is 96.1 Å². The van der Waals surface area contributed by atoms with Gasteiger partial charge in [0.05, 0.1) is 24.5 Å². The summed E-state index contributed by atoms with van der Waals surface area (Å²) in [7, 11) is 0. The first-order valence-electron chi connectivity index (χ1n) is 10.9. The van der Waals surface area contributed by atoms with Crippen molar-refractivity contribution in [3.63, 3.8) is 0 Å². The number of aromatic nitrogens is 6. The number of piperazine rings is 1. The summed E-state index contributed by atoms with van der Waals surface area (Å²) in [4.78, 5) is 25.3. The van der Waals surface area contributed by atoms with Crippen LogP contribution in [-0.2, 0) is 0 Å². The molecule has 1 fully saturated rings. The monoisotopic (exact) mass is 458 g/mol. The highest BCUT2D eigenvalue weighted by molar-refractivity contribution is 5.68. The van der Waals surface area contributed by atoms with Crippen molar-refractivity contribution in [3.05, 3.63) is 84.8 Å². The molecule has 5 heterocycles. The number of halogens is 1. The molecular formula is C24H23FN8O. The third kappa shape index (κ3) is 4.76. The van der Waals surface area contributed by atoms with E-state index in [4.69, 9.17) is 0 Å². The molecule has 4 aromatic rings. The molecule has 4 aromatic heterocycles. The van der Waals surface area contributed by atoms with Gasteiger partial charge >= 0.3 is 0 Å². The average Bonchev–Trinajstić information content (AvgIpc) is 3.43. The average molecular weight is 459 g/mol. The number of pyridine rings is 2. The van der Waals surface area contributed by atoms with Crippen LogP contribution in [0.2, 0.25) is 0 Å². The van der Waals surface area contributed by atoms with Gasteiger partial charge in [-0.3, -0.25) is 4.57 Å². The fourth-order valence-electron chi connectivity index (χ4n) is 3.87. The smallest absolute Gasteiger partial charge is 0.225 e. The van der Waals surface area contributed by atoms with E-state index in [-0.39, 0.29) is 12.6 Å². The van der Waals surface area contributed by atoms with Crippen LogP contribution in [0.3, 0.4) is 0 Å². The number of hydrogen-bond acceptors (Lipinski definition) is 8. The molecule has 1 aliphatic heterocycles. The molecule has 172 valence electrons. The molecule has 9 nitrogen and oxygen atoms in total. The number of imidazole rings is 1. The molecule has 0 spiro atoms. The molecule has 0 aliphatic carbocycles. The Morgan fingerprint density at radius 3 is 2.44 bits per heavy atom. The van der Waals surface area contributed by atoms with Gasteiger partial charge in [0.15, 0.2) is 0 Å². The van der Waals surface area contributed by atoms with E-state index in [1.165, 1.54) is 12.3 Å². The number of aliphatic hydroxyl groups is 1. The Morgan fingerprint density at radius 2 is 1.76 bits per heavy atom. The van der Waals surface area contributed by atoms with Gasteiger partial charge in [0.1, 0.15) is 12.1 Å². The lowest BCUT2D eigenvalue weighted by Gasteiger charge is -2.41. The number of hydrogen-bond donors (Lipinski definition) is 1. The number of nitrogens with zero attached hydrogens (tertiary/aromatic N) is 8. The van der Waals surface area contributed by atoms with Gasteiger partial charge in [-0.05, 0) is 29.8 Å². The lowest BCUT2D eigenvalue weighted by atomic mass is 10.1. The third-order valence-electron chi connectivity index (χ3n) is 5.69. The summed E-state index contributed by atoms with van der Waals surface area (Å²) in [6, 6.07) is 6.77. The van der Waals surface area contributed by atoms with Crippen molar-refractivity contribution in [2.45, 2.75) is 6.04 Å². The van der Waals surface area contributed by atoms with Gasteiger partial charge in [-0.15, -0.1) is 0 Å². The minimum atomic E-state index is -0.508. The molecule has 1 atom stereocenters. The lowest BCUT2D eigenvalue weighted by Crippen LogP contribution is -2.55. The van der Waals surface area contributed by atoms with Gasteiger partial charge in [0.25, 0.3) is 0 Å². The van der Waals surface area contributed by atoms with Crippen molar-refractivity contribution >= 4 is 23.8 Å². The fraction of sp³-hybridized carbons (Fsp3) is 0.208. The van der Waals surface area contributed by atoms with E-state index in [0.29, 0.717) is 25.6 Å². The molecular weight excluding hydrogens is 435 g/mol. The maximum Gasteiger partial charge on any atom is 0.225 e. The van der Waals surface area contributed by atoms with E-state index in [1.54, 1.807) is 37.2 Å². The van der Waals surface area contributed by atoms with Crippen LogP contribution in [0.1, 0.15) is 11.1 Å². The lowest BCUT2D eigenvalue weighted by molar-refractivity contribution is 0.252. The Bertz CT molecular complexity index is 1230. The predicted molar refractivity (Wildman–Crippen MR) is 127 cm³/mol. The van der Waals surface area contributed by atoms with E-state index in [9.17, 15) is 9.50 Å². The third-order valence-corrected chi connectivity index (χ3v) is 5.69. The van der Waals surface area contributed by atoms with Crippen molar-refractivity contribution in [3.8, 4) is 5.82 Å². The summed E-state index contributed by atoms with van der Waals surface area (Å²) in [6.07, 6.45) is 16.0. The quantitative estimate of drug-likeness (QED) is 0.440. The van der Waals surface area contributed by atoms with Gasteiger partial charge in [0.2, 0.25) is 11.9 Å². The van der Waals surface area contributed by atoms with Crippen LogP contribution in [0.25, 0.3) is 18.0 Å². The Kier molecular flexibility index (Phi) is 6.21. The summed E-state index contributed by atoms with van der Waals surface area (Å²) in [5, 5.41) is 9.95. The number of aliphatic hydroxyl groups excluding tert-OH is 1. The van der Waals surface area contributed by atoms with Crippen LogP contribution in [0, 0.1) is 5.95 Å². The van der Waals surface area contributed by atoms with Crippen LogP contribution in [0.4, 0.5) is 16.0 Å². The van der Waals surface area contributed by atoms with Gasteiger partial charge in [0, 0.05) is 56.2 Å². The van der Waals surface area contributed by atoms with E-state index >= 15 is 0 Å². The second kappa shape index (κ2) is 9.75. The second-order valence-electron chi connectivity index (χ2n) is 7.88. The van der Waals surface area contributed by atoms with E-state index in [0.717, 1.165) is 22.6 Å². The standard InChI is InChI=1S/C24H23FN8O/c25-22-5-4-20(14-27-22)31-9-10-33(21(15-31)16-34)24-29-12-19(13-30-24)2-1-18-3-6-23(28-11-18)32-8-7-26-17-32/h1-8,11-14,17,21,34H,9-10,15-16H2/b2-1+/t21-/m1/s1.